The van der Waals surface area contributed by atoms with Crippen LogP contribution in [0.25, 0.3) is 0 Å². The lowest BCUT2D eigenvalue weighted by Crippen LogP contribution is -2.66. The van der Waals surface area contributed by atoms with Gasteiger partial charge in [-0.1, -0.05) is 25.5 Å². The summed E-state index contributed by atoms with van der Waals surface area (Å²) < 4.78 is 0. The maximum Gasteiger partial charge on any atom is 0.0654 e. The topological polar surface area (TPSA) is 23.5 Å². The highest BCUT2D eigenvalue weighted by Gasteiger charge is 2.90. The summed E-state index contributed by atoms with van der Waals surface area (Å²) in [6.45, 7) is 11.0. The average molecular weight is 311 g/mol. The molecule has 9 rings (SSSR count). The van der Waals surface area contributed by atoms with Crippen molar-refractivity contribution in [3.05, 3.63) is 12.2 Å². The van der Waals surface area contributed by atoms with Gasteiger partial charge in [0.1, 0.15) is 0 Å². The van der Waals surface area contributed by atoms with Gasteiger partial charge in [-0.2, -0.15) is 0 Å². The van der Waals surface area contributed by atoms with Crippen molar-refractivity contribution < 1.29 is 5.11 Å². The summed E-state index contributed by atoms with van der Waals surface area (Å²) in [5, 5.41) is 11.3. The monoisotopic (exact) mass is 311 g/mol. The largest absolute Gasteiger partial charge is 0.392 e. The molecule has 23 heavy (non-hydrogen) atoms. The van der Waals surface area contributed by atoms with Crippen molar-refractivity contribution in [2.24, 2.45) is 39.9 Å². The minimum atomic E-state index is -0.0889. The summed E-state index contributed by atoms with van der Waals surface area (Å²) in [5.41, 5.74) is 3.35. The zero-order chi connectivity index (χ0) is 15.6. The molecule has 3 heterocycles. The average Bonchev–Trinajstić information content (AvgIpc) is 2.82. The molecule has 9 fully saturated rings. The van der Waals surface area contributed by atoms with Gasteiger partial charge in [0.2, 0.25) is 0 Å². The molecule has 1 N–H and O–H groups in total. The lowest BCUT2D eigenvalue weighted by molar-refractivity contribution is -0.174. The summed E-state index contributed by atoms with van der Waals surface area (Å²) in [7, 11) is 0. The number of piperidine rings is 2. The summed E-state index contributed by atoms with van der Waals surface area (Å²) in [5.74, 6) is 2.79. The fraction of sp³-hybridized carbons (Fsp3) is 0.905. The van der Waals surface area contributed by atoms with Crippen molar-refractivity contribution in [3.8, 4) is 0 Å². The predicted molar refractivity (Wildman–Crippen MR) is 88.7 cm³/mol. The van der Waals surface area contributed by atoms with Crippen LogP contribution in [-0.4, -0.2) is 34.2 Å². The van der Waals surface area contributed by atoms with Crippen molar-refractivity contribution >= 4 is 0 Å². The number of nitrogens with zero attached hydrogens (tertiary/aromatic N) is 1. The minimum Gasteiger partial charge on any atom is -0.392 e. The second-order valence-electron chi connectivity index (χ2n) is 11.1. The molecular weight excluding hydrogens is 282 g/mol. The van der Waals surface area contributed by atoms with E-state index in [2.05, 4.69) is 25.3 Å². The van der Waals surface area contributed by atoms with E-state index in [1.165, 1.54) is 50.6 Å². The van der Waals surface area contributed by atoms with Crippen LogP contribution in [0, 0.1) is 39.9 Å². The first kappa shape index (κ1) is 12.9. The summed E-state index contributed by atoms with van der Waals surface area (Å²) in [6.07, 6.45) is 8.12. The van der Waals surface area contributed by atoms with Crippen molar-refractivity contribution in [2.75, 3.05) is 6.54 Å². The maximum atomic E-state index is 11.3. The van der Waals surface area contributed by atoms with Crippen LogP contribution in [0.5, 0.6) is 0 Å². The van der Waals surface area contributed by atoms with Crippen molar-refractivity contribution in [1.29, 1.82) is 0 Å². The van der Waals surface area contributed by atoms with Crippen LogP contribution in [0.4, 0.5) is 0 Å². The van der Waals surface area contributed by atoms with Crippen molar-refractivity contribution in [1.82, 2.24) is 4.90 Å². The molecule has 3 saturated heterocycles. The van der Waals surface area contributed by atoms with Crippen molar-refractivity contribution in [3.63, 3.8) is 0 Å². The lowest BCUT2D eigenvalue weighted by atomic mass is 9.38. The van der Waals surface area contributed by atoms with Gasteiger partial charge in [0, 0.05) is 30.0 Å². The van der Waals surface area contributed by atoms with Crippen LogP contribution in [0.2, 0.25) is 0 Å². The smallest absolute Gasteiger partial charge is 0.0654 e. The Labute approximate surface area is 139 Å². The molecule has 2 spiro atoms. The van der Waals surface area contributed by atoms with E-state index < -0.39 is 0 Å². The molecule has 2 nitrogen and oxygen atoms in total. The SMILES string of the molecule is C=C1C[C@]23C[C@@]4(C)[C@@H]5[C@]6(C)CCC[C@]57[C@@H]([C@@H]2[C@H](O)[C@@H]1C[C@@H]37)N4C6. The van der Waals surface area contributed by atoms with Crippen LogP contribution >= 0.6 is 0 Å². The quantitative estimate of drug-likeness (QED) is 0.694. The molecule has 1 unspecified atom stereocenters. The molecule has 2 heteroatoms. The molecule has 0 aromatic rings. The van der Waals surface area contributed by atoms with Gasteiger partial charge in [-0.3, -0.25) is 4.90 Å². The van der Waals surface area contributed by atoms with Gasteiger partial charge >= 0.3 is 0 Å². The van der Waals surface area contributed by atoms with Crippen LogP contribution in [-0.2, 0) is 0 Å². The van der Waals surface area contributed by atoms with Gasteiger partial charge in [-0.05, 0) is 67.1 Å². The molecule has 6 saturated carbocycles. The zero-order valence-electron chi connectivity index (χ0n) is 14.5. The van der Waals surface area contributed by atoms with E-state index in [0.29, 0.717) is 39.7 Å². The third kappa shape index (κ3) is 0.915. The molecular formula is C21H29NO. The highest BCUT2D eigenvalue weighted by molar-refractivity contribution is 5.43. The second-order valence-corrected chi connectivity index (χ2v) is 11.1. The molecule has 0 radical (unpaired) electrons. The van der Waals surface area contributed by atoms with Gasteiger partial charge in [0.05, 0.1) is 6.10 Å². The van der Waals surface area contributed by atoms with E-state index in [9.17, 15) is 5.11 Å². The summed E-state index contributed by atoms with van der Waals surface area (Å²) in [4.78, 5) is 2.96. The van der Waals surface area contributed by atoms with E-state index in [1.807, 2.05) is 0 Å². The van der Waals surface area contributed by atoms with E-state index >= 15 is 0 Å². The Bertz CT molecular complexity index is 687. The summed E-state index contributed by atoms with van der Waals surface area (Å²) >= 11 is 0. The van der Waals surface area contributed by atoms with Gasteiger partial charge in [0.15, 0.2) is 0 Å². The van der Waals surface area contributed by atoms with E-state index in [4.69, 9.17) is 0 Å². The molecule has 0 amide bonds. The molecule has 0 aromatic carbocycles. The van der Waals surface area contributed by atoms with Gasteiger partial charge in [0.25, 0.3) is 0 Å². The Kier molecular flexibility index (Phi) is 1.74. The normalized spacial score (nSPS) is 75.6. The Morgan fingerprint density at radius 3 is 2.91 bits per heavy atom. The summed E-state index contributed by atoms with van der Waals surface area (Å²) in [6, 6.07) is 0.706. The first-order valence-electron chi connectivity index (χ1n) is 10.0. The highest BCUT2D eigenvalue weighted by Crippen LogP contribution is 2.89. The number of rotatable bonds is 0. The second kappa shape index (κ2) is 3.09. The lowest BCUT2D eigenvalue weighted by Gasteiger charge is -2.66. The number of hydrogen-bond acceptors (Lipinski definition) is 2. The Morgan fingerprint density at radius 1 is 1.26 bits per heavy atom. The number of aliphatic hydroxyl groups excluding tert-OH is 1. The Balaban J connectivity index is 1.55. The van der Waals surface area contributed by atoms with Crippen molar-refractivity contribution in [2.45, 2.75) is 70.1 Å². The van der Waals surface area contributed by atoms with Gasteiger partial charge < -0.3 is 5.11 Å². The van der Waals surface area contributed by atoms with E-state index in [1.54, 1.807) is 0 Å². The predicted octanol–water partition coefficient (Wildman–Crippen LogP) is 3.21. The third-order valence-corrected chi connectivity index (χ3v) is 10.7. The molecule has 0 aromatic heterocycles. The van der Waals surface area contributed by atoms with Gasteiger partial charge in [-0.25, -0.2) is 0 Å². The maximum absolute atomic E-state index is 11.3. The molecule has 124 valence electrons. The fourth-order valence-corrected chi connectivity index (χ4v) is 11.2. The molecule has 6 aliphatic carbocycles. The molecule has 11 atom stereocenters. The standard InChI is InChI=1S/C21H29NO/c1-11-8-20-9-19(3)17-18(2)5-4-6-21(17)13(20)7-12(11)15(23)14(20)16(21)22(19)10-18/h12-17,23H,1,4-10H2,2-3H3/t12-,13+,14+,15-,16-,17+,18-,19+,20-,21+/m1/s1. The van der Waals surface area contributed by atoms with Crippen LogP contribution in [0.1, 0.15) is 52.4 Å². The third-order valence-electron chi connectivity index (χ3n) is 10.7. The fourth-order valence-electron chi connectivity index (χ4n) is 11.2. The molecule has 3 aliphatic heterocycles. The molecule has 9 aliphatic rings. The first-order valence-corrected chi connectivity index (χ1v) is 10.0. The number of fused-ring (bicyclic) bond motifs is 1. The van der Waals surface area contributed by atoms with Crippen LogP contribution < -0.4 is 0 Å². The van der Waals surface area contributed by atoms with Crippen LogP contribution in [0.15, 0.2) is 12.2 Å². The minimum absolute atomic E-state index is 0.0889. The van der Waals surface area contributed by atoms with E-state index in [-0.39, 0.29) is 6.10 Å². The zero-order valence-corrected chi connectivity index (χ0v) is 14.5. The Hall–Kier alpha value is -0.340. The molecule has 9 bridgehead atoms. The highest BCUT2D eigenvalue weighted by atomic mass is 16.3. The Morgan fingerprint density at radius 2 is 2.09 bits per heavy atom. The van der Waals surface area contributed by atoms with E-state index in [0.717, 1.165) is 11.8 Å². The number of hydrogen-bond donors (Lipinski definition) is 1. The van der Waals surface area contributed by atoms with Gasteiger partial charge in [-0.15, -0.1) is 0 Å². The number of aliphatic hydroxyl groups is 1. The first-order chi connectivity index (χ1) is 10.9. The van der Waals surface area contributed by atoms with Crippen LogP contribution in [0.3, 0.4) is 0 Å².